The first kappa shape index (κ1) is 20.0. The van der Waals surface area contributed by atoms with Crippen LogP contribution in [0.1, 0.15) is 24.8 Å². The fourth-order valence-electron chi connectivity index (χ4n) is 3.68. The average Bonchev–Trinajstić information content (AvgIpc) is 2.66. The predicted molar refractivity (Wildman–Crippen MR) is 99.8 cm³/mol. The molecule has 2 fully saturated rings. The third-order valence-electron chi connectivity index (χ3n) is 5.33. The third kappa shape index (κ3) is 4.97. The first-order chi connectivity index (χ1) is 13.0. The van der Waals surface area contributed by atoms with E-state index in [1.165, 1.54) is 12.1 Å². The van der Waals surface area contributed by atoms with Gasteiger partial charge in [0.15, 0.2) is 0 Å². The highest BCUT2D eigenvalue weighted by molar-refractivity contribution is 6.31. The lowest BCUT2D eigenvalue weighted by atomic mass is 10.0. The molecule has 0 bridgehead atoms. The monoisotopic (exact) mass is 397 g/mol. The Kier molecular flexibility index (Phi) is 6.68. The van der Waals surface area contributed by atoms with E-state index >= 15 is 0 Å². The van der Waals surface area contributed by atoms with E-state index in [9.17, 15) is 14.0 Å². The average molecular weight is 398 g/mol. The largest absolute Gasteiger partial charge is 0.381 e. The predicted octanol–water partition coefficient (Wildman–Crippen LogP) is 1.81. The summed E-state index contributed by atoms with van der Waals surface area (Å²) < 4.78 is 18.6. The molecule has 2 heterocycles. The highest BCUT2D eigenvalue weighted by Gasteiger charge is 2.34. The SMILES string of the molecule is COC1CCN(C(=O)C[C@H]2C(=O)NCCN2Cc2ccc(F)cc2Cl)CC1. The van der Waals surface area contributed by atoms with Crippen LogP contribution in [0.4, 0.5) is 4.39 Å². The Bertz CT molecular complexity index is 695. The molecule has 2 aliphatic heterocycles. The quantitative estimate of drug-likeness (QED) is 0.823. The van der Waals surface area contributed by atoms with E-state index in [2.05, 4.69) is 5.32 Å². The zero-order valence-corrected chi connectivity index (χ0v) is 16.2. The summed E-state index contributed by atoms with van der Waals surface area (Å²) in [5.41, 5.74) is 0.742. The molecule has 0 saturated carbocycles. The number of hydrogen-bond acceptors (Lipinski definition) is 4. The molecule has 1 aromatic carbocycles. The van der Waals surface area contributed by atoms with E-state index in [-0.39, 0.29) is 24.3 Å². The van der Waals surface area contributed by atoms with E-state index in [4.69, 9.17) is 16.3 Å². The Morgan fingerprint density at radius 2 is 2.07 bits per heavy atom. The Morgan fingerprint density at radius 3 is 2.74 bits per heavy atom. The molecule has 3 rings (SSSR count). The van der Waals surface area contributed by atoms with Crippen LogP contribution in [0.2, 0.25) is 5.02 Å². The minimum Gasteiger partial charge on any atom is -0.381 e. The van der Waals surface area contributed by atoms with Crippen LogP contribution in [-0.2, 0) is 20.9 Å². The summed E-state index contributed by atoms with van der Waals surface area (Å²) in [5, 5.41) is 3.16. The van der Waals surface area contributed by atoms with Gasteiger partial charge in [-0.15, -0.1) is 0 Å². The summed E-state index contributed by atoms with van der Waals surface area (Å²) in [5.74, 6) is -0.576. The molecule has 1 N–H and O–H groups in total. The van der Waals surface area contributed by atoms with E-state index in [0.29, 0.717) is 37.7 Å². The molecular weight excluding hydrogens is 373 g/mol. The number of halogens is 2. The fraction of sp³-hybridized carbons (Fsp3) is 0.579. The summed E-state index contributed by atoms with van der Waals surface area (Å²) in [4.78, 5) is 28.9. The lowest BCUT2D eigenvalue weighted by molar-refractivity contribution is -0.140. The Balaban J connectivity index is 1.65. The minimum atomic E-state index is -0.549. The molecule has 6 nitrogen and oxygen atoms in total. The van der Waals surface area contributed by atoms with Gasteiger partial charge in [0, 0.05) is 44.9 Å². The maximum Gasteiger partial charge on any atom is 0.237 e. The molecule has 0 radical (unpaired) electrons. The number of hydrogen-bond donors (Lipinski definition) is 1. The number of nitrogens with one attached hydrogen (secondary N) is 1. The number of carbonyl (C=O) groups excluding carboxylic acids is 2. The number of carbonyl (C=O) groups is 2. The minimum absolute atomic E-state index is 0.0261. The van der Waals surface area contributed by atoms with Crippen molar-refractivity contribution in [1.29, 1.82) is 0 Å². The van der Waals surface area contributed by atoms with Gasteiger partial charge in [0.1, 0.15) is 5.82 Å². The van der Waals surface area contributed by atoms with Gasteiger partial charge in [-0.1, -0.05) is 17.7 Å². The Hall–Kier alpha value is -1.70. The Morgan fingerprint density at radius 1 is 1.33 bits per heavy atom. The van der Waals surface area contributed by atoms with Crippen molar-refractivity contribution >= 4 is 23.4 Å². The number of nitrogens with zero attached hydrogens (tertiary/aromatic N) is 2. The van der Waals surface area contributed by atoms with Crippen molar-refractivity contribution in [3.8, 4) is 0 Å². The van der Waals surface area contributed by atoms with Crippen molar-refractivity contribution in [2.24, 2.45) is 0 Å². The summed E-state index contributed by atoms with van der Waals surface area (Å²) in [7, 11) is 1.69. The summed E-state index contributed by atoms with van der Waals surface area (Å²) in [6.45, 7) is 2.83. The zero-order chi connectivity index (χ0) is 19.4. The van der Waals surface area contributed by atoms with Gasteiger partial charge in [0.2, 0.25) is 11.8 Å². The van der Waals surface area contributed by atoms with Crippen molar-refractivity contribution < 1.29 is 18.7 Å². The number of amides is 2. The fourth-order valence-corrected chi connectivity index (χ4v) is 3.90. The van der Waals surface area contributed by atoms with Crippen molar-refractivity contribution in [3.63, 3.8) is 0 Å². The number of methoxy groups -OCH3 is 1. The topological polar surface area (TPSA) is 61.9 Å². The number of rotatable bonds is 5. The van der Waals surface area contributed by atoms with Gasteiger partial charge < -0.3 is 15.0 Å². The number of likely N-dealkylation sites (tertiary alicyclic amines) is 1. The molecule has 1 atom stereocenters. The van der Waals surface area contributed by atoms with E-state index in [0.717, 1.165) is 18.4 Å². The molecule has 2 aliphatic rings. The van der Waals surface area contributed by atoms with Crippen molar-refractivity contribution in [2.45, 2.75) is 38.0 Å². The van der Waals surface area contributed by atoms with Crippen LogP contribution in [0.15, 0.2) is 18.2 Å². The second-order valence-electron chi connectivity index (χ2n) is 7.03. The molecule has 8 heteroatoms. The molecule has 0 spiro atoms. The maximum absolute atomic E-state index is 13.3. The molecule has 1 aromatic rings. The van der Waals surface area contributed by atoms with Crippen LogP contribution >= 0.6 is 11.6 Å². The number of piperidine rings is 1. The maximum atomic E-state index is 13.3. The van der Waals surface area contributed by atoms with E-state index < -0.39 is 11.9 Å². The second-order valence-corrected chi connectivity index (χ2v) is 7.44. The summed E-state index contributed by atoms with van der Waals surface area (Å²) in [6, 6.07) is 3.69. The number of ether oxygens (including phenoxy) is 1. The molecule has 0 unspecified atom stereocenters. The number of piperazine rings is 1. The second kappa shape index (κ2) is 8.99. The van der Waals surface area contributed by atoms with Gasteiger partial charge in [0.05, 0.1) is 18.6 Å². The normalized spacial score (nSPS) is 22.0. The van der Waals surface area contributed by atoms with Crippen LogP contribution in [0.25, 0.3) is 0 Å². The van der Waals surface area contributed by atoms with E-state index in [1.54, 1.807) is 18.1 Å². The lowest BCUT2D eigenvalue weighted by Crippen LogP contribution is -2.56. The van der Waals surface area contributed by atoms with Gasteiger partial charge in [-0.2, -0.15) is 0 Å². The first-order valence-electron chi connectivity index (χ1n) is 9.24. The lowest BCUT2D eigenvalue weighted by Gasteiger charge is -2.37. The number of benzene rings is 1. The van der Waals surface area contributed by atoms with Crippen molar-refractivity contribution in [2.75, 3.05) is 33.3 Å². The van der Waals surface area contributed by atoms with Gasteiger partial charge in [-0.25, -0.2) is 4.39 Å². The molecular formula is C19H25ClFN3O3. The molecule has 27 heavy (non-hydrogen) atoms. The summed E-state index contributed by atoms with van der Waals surface area (Å²) in [6.07, 6.45) is 1.95. The standard InChI is InChI=1S/C19H25ClFN3O3/c1-27-15-4-7-23(8-5-15)18(25)11-17-19(26)22-6-9-24(17)12-13-2-3-14(21)10-16(13)20/h2-3,10,15,17H,4-9,11-12H2,1H3,(H,22,26)/t17-/m0/s1. The van der Waals surface area contributed by atoms with Crippen LogP contribution in [0.3, 0.4) is 0 Å². The van der Waals surface area contributed by atoms with Crippen LogP contribution in [0.5, 0.6) is 0 Å². The molecule has 2 amide bonds. The smallest absolute Gasteiger partial charge is 0.237 e. The van der Waals surface area contributed by atoms with Gasteiger partial charge in [-0.3, -0.25) is 14.5 Å². The van der Waals surface area contributed by atoms with Gasteiger partial charge >= 0.3 is 0 Å². The summed E-state index contributed by atoms with van der Waals surface area (Å²) >= 11 is 6.13. The third-order valence-corrected chi connectivity index (χ3v) is 5.68. The molecule has 0 aliphatic carbocycles. The van der Waals surface area contributed by atoms with Crippen molar-refractivity contribution in [1.82, 2.24) is 15.1 Å². The molecule has 0 aromatic heterocycles. The van der Waals surface area contributed by atoms with Gasteiger partial charge in [0.25, 0.3) is 0 Å². The van der Waals surface area contributed by atoms with Crippen LogP contribution in [0, 0.1) is 5.82 Å². The first-order valence-corrected chi connectivity index (χ1v) is 9.62. The highest BCUT2D eigenvalue weighted by atomic mass is 35.5. The van der Waals surface area contributed by atoms with Crippen molar-refractivity contribution in [3.05, 3.63) is 34.6 Å². The van der Waals surface area contributed by atoms with E-state index in [1.807, 2.05) is 4.90 Å². The van der Waals surface area contributed by atoms with Crippen LogP contribution in [-0.4, -0.2) is 67.0 Å². The molecule has 148 valence electrons. The molecule has 2 saturated heterocycles. The zero-order valence-electron chi connectivity index (χ0n) is 15.4. The highest BCUT2D eigenvalue weighted by Crippen LogP contribution is 2.22. The Labute approximate surface area is 163 Å². The van der Waals surface area contributed by atoms with Gasteiger partial charge in [-0.05, 0) is 30.5 Å². The van der Waals surface area contributed by atoms with Crippen LogP contribution < -0.4 is 5.32 Å².